The lowest BCUT2D eigenvalue weighted by Crippen LogP contribution is -2.12. The predicted molar refractivity (Wildman–Crippen MR) is 66.1 cm³/mol. The number of nitrogens with zero attached hydrogens (tertiary/aromatic N) is 1. The van der Waals surface area contributed by atoms with Crippen molar-refractivity contribution in [3.05, 3.63) is 11.3 Å². The molecule has 0 aromatic carbocycles. The van der Waals surface area contributed by atoms with Crippen LogP contribution in [-0.2, 0) is 4.74 Å². The molecule has 0 saturated heterocycles. The summed E-state index contributed by atoms with van der Waals surface area (Å²) in [5.41, 5.74) is 1.31. The number of anilines is 1. The average Bonchev–Trinajstić information content (AvgIpc) is 2.57. The number of nitrogens with one attached hydrogen (secondary N) is 1. The first kappa shape index (κ1) is 13.0. The molecule has 16 heavy (non-hydrogen) atoms. The zero-order valence-corrected chi connectivity index (χ0v) is 11.0. The molecule has 4 nitrogen and oxygen atoms in total. The van der Waals surface area contributed by atoms with Crippen molar-refractivity contribution in [3.63, 3.8) is 0 Å². The number of rotatable bonds is 5. The molecule has 0 aliphatic rings. The number of hydrogen-bond acceptors (Lipinski definition) is 5. The van der Waals surface area contributed by atoms with Gasteiger partial charge in [-0.1, -0.05) is 13.8 Å². The van der Waals surface area contributed by atoms with Gasteiger partial charge in [-0.15, -0.1) is 0 Å². The smallest absolute Gasteiger partial charge is 0.343 e. The molecule has 1 aromatic heterocycles. The van der Waals surface area contributed by atoms with Crippen molar-refractivity contribution in [2.45, 2.75) is 27.7 Å². The number of aromatic nitrogens is 1. The molecule has 0 aliphatic heterocycles. The van der Waals surface area contributed by atoms with E-state index in [-0.39, 0.29) is 5.97 Å². The first-order chi connectivity index (χ1) is 7.56. The summed E-state index contributed by atoms with van der Waals surface area (Å²) in [6.45, 7) is 9.07. The fourth-order valence-electron chi connectivity index (χ4n) is 1.23. The third kappa shape index (κ3) is 3.20. The molecule has 0 spiro atoms. The standard InChI is InChI=1S/C11H18N2O2S/c1-5-15-11(14)9-8(4)13-16-10(9)12-6-7(2)3/h7,12H,5-6H2,1-4H3. The van der Waals surface area contributed by atoms with Crippen LogP contribution in [0.3, 0.4) is 0 Å². The summed E-state index contributed by atoms with van der Waals surface area (Å²) in [4.78, 5) is 11.7. The number of ether oxygens (including phenoxy) is 1. The molecular weight excluding hydrogens is 224 g/mol. The molecule has 1 heterocycles. The Morgan fingerprint density at radius 2 is 2.25 bits per heavy atom. The van der Waals surface area contributed by atoms with Crippen LogP contribution in [0.15, 0.2) is 0 Å². The summed E-state index contributed by atoms with van der Waals surface area (Å²) in [6, 6.07) is 0. The van der Waals surface area contributed by atoms with E-state index in [1.165, 1.54) is 11.5 Å². The molecule has 5 heteroatoms. The molecule has 90 valence electrons. The highest BCUT2D eigenvalue weighted by Crippen LogP contribution is 2.25. The minimum absolute atomic E-state index is 0.292. The van der Waals surface area contributed by atoms with Crippen molar-refractivity contribution >= 4 is 22.5 Å². The number of aryl methyl sites for hydroxylation is 1. The van der Waals surface area contributed by atoms with Crippen molar-refractivity contribution in [1.29, 1.82) is 0 Å². The summed E-state index contributed by atoms with van der Waals surface area (Å²) in [7, 11) is 0. The third-order valence-corrected chi connectivity index (χ3v) is 2.91. The molecule has 1 aromatic rings. The number of esters is 1. The fourth-order valence-corrected chi connectivity index (χ4v) is 2.02. The van der Waals surface area contributed by atoms with Gasteiger partial charge in [-0.25, -0.2) is 4.79 Å². The van der Waals surface area contributed by atoms with Crippen LogP contribution in [-0.4, -0.2) is 23.5 Å². The summed E-state index contributed by atoms with van der Waals surface area (Å²) in [5, 5.41) is 4.04. The molecule has 0 aliphatic carbocycles. The van der Waals surface area contributed by atoms with Crippen molar-refractivity contribution in [3.8, 4) is 0 Å². The van der Waals surface area contributed by atoms with Crippen molar-refractivity contribution in [2.24, 2.45) is 5.92 Å². The van der Waals surface area contributed by atoms with Gasteiger partial charge in [0.05, 0.1) is 12.3 Å². The highest BCUT2D eigenvalue weighted by atomic mass is 32.1. The van der Waals surface area contributed by atoms with Crippen LogP contribution < -0.4 is 5.32 Å². The van der Waals surface area contributed by atoms with E-state index in [4.69, 9.17) is 4.74 Å². The van der Waals surface area contributed by atoms with Crippen LogP contribution in [0.5, 0.6) is 0 Å². The monoisotopic (exact) mass is 242 g/mol. The van der Waals surface area contributed by atoms with Crippen LogP contribution in [0.2, 0.25) is 0 Å². The maximum absolute atomic E-state index is 11.7. The SMILES string of the molecule is CCOC(=O)c1c(C)nsc1NCC(C)C. The summed E-state index contributed by atoms with van der Waals surface area (Å²) < 4.78 is 9.18. The second kappa shape index (κ2) is 5.84. The maximum atomic E-state index is 11.7. The fraction of sp³-hybridized carbons (Fsp3) is 0.636. The quantitative estimate of drug-likeness (QED) is 0.807. The maximum Gasteiger partial charge on any atom is 0.343 e. The minimum atomic E-state index is -0.292. The summed E-state index contributed by atoms with van der Waals surface area (Å²) >= 11 is 1.31. The first-order valence-corrected chi connectivity index (χ1v) is 6.20. The lowest BCUT2D eigenvalue weighted by atomic mass is 10.2. The topological polar surface area (TPSA) is 51.2 Å². The van der Waals surface area contributed by atoms with Crippen LogP contribution in [0.25, 0.3) is 0 Å². The second-order valence-corrected chi connectivity index (χ2v) is 4.74. The van der Waals surface area contributed by atoms with Crippen LogP contribution in [0.4, 0.5) is 5.00 Å². The molecule has 0 radical (unpaired) electrons. The molecule has 0 atom stereocenters. The van der Waals surface area contributed by atoms with E-state index in [1.54, 1.807) is 6.92 Å². The van der Waals surface area contributed by atoms with E-state index < -0.39 is 0 Å². The molecule has 0 amide bonds. The Morgan fingerprint density at radius 1 is 1.56 bits per heavy atom. The van der Waals surface area contributed by atoms with E-state index in [2.05, 4.69) is 23.5 Å². The van der Waals surface area contributed by atoms with Gasteiger partial charge in [-0.2, -0.15) is 4.37 Å². The number of carbonyl (C=O) groups is 1. The van der Waals surface area contributed by atoms with E-state index in [9.17, 15) is 4.79 Å². The minimum Gasteiger partial charge on any atom is -0.462 e. The predicted octanol–water partition coefficient (Wildman–Crippen LogP) is 2.70. The Hall–Kier alpha value is -1.10. The van der Waals surface area contributed by atoms with Gasteiger partial charge in [0.15, 0.2) is 0 Å². The first-order valence-electron chi connectivity index (χ1n) is 5.43. The second-order valence-electron chi connectivity index (χ2n) is 3.97. The van der Waals surface area contributed by atoms with Gasteiger partial charge >= 0.3 is 5.97 Å². The normalized spacial score (nSPS) is 10.6. The zero-order valence-electron chi connectivity index (χ0n) is 10.2. The van der Waals surface area contributed by atoms with Crippen molar-refractivity contribution < 1.29 is 9.53 Å². The molecule has 1 rings (SSSR count). The van der Waals surface area contributed by atoms with Gasteiger partial charge in [-0.05, 0) is 31.3 Å². The molecule has 1 N–H and O–H groups in total. The molecule has 0 bridgehead atoms. The van der Waals surface area contributed by atoms with E-state index in [0.29, 0.717) is 18.1 Å². The lowest BCUT2D eigenvalue weighted by Gasteiger charge is -2.08. The largest absolute Gasteiger partial charge is 0.462 e. The Balaban J connectivity index is 2.81. The van der Waals surface area contributed by atoms with E-state index >= 15 is 0 Å². The Kier molecular flexibility index (Phi) is 4.73. The Bertz CT molecular complexity index is 361. The Labute approximate surface area is 100 Å². The molecule has 0 unspecified atom stereocenters. The zero-order chi connectivity index (χ0) is 12.1. The van der Waals surface area contributed by atoms with E-state index in [1.807, 2.05) is 6.92 Å². The van der Waals surface area contributed by atoms with Crippen LogP contribution in [0.1, 0.15) is 36.8 Å². The van der Waals surface area contributed by atoms with E-state index in [0.717, 1.165) is 17.2 Å². The van der Waals surface area contributed by atoms with Gasteiger partial charge in [-0.3, -0.25) is 0 Å². The van der Waals surface area contributed by atoms with Gasteiger partial charge < -0.3 is 10.1 Å². The number of hydrogen-bond donors (Lipinski definition) is 1. The van der Waals surface area contributed by atoms with Gasteiger partial charge in [0.2, 0.25) is 0 Å². The summed E-state index contributed by atoms with van der Waals surface area (Å²) in [6.07, 6.45) is 0. The highest BCUT2D eigenvalue weighted by Gasteiger charge is 2.19. The van der Waals surface area contributed by atoms with Crippen molar-refractivity contribution in [1.82, 2.24) is 4.37 Å². The van der Waals surface area contributed by atoms with Crippen molar-refractivity contribution in [2.75, 3.05) is 18.5 Å². The number of carbonyl (C=O) groups excluding carboxylic acids is 1. The lowest BCUT2D eigenvalue weighted by molar-refractivity contribution is 0.0527. The van der Waals surface area contributed by atoms with Gasteiger partial charge in [0.1, 0.15) is 10.6 Å². The Morgan fingerprint density at radius 3 is 2.81 bits per heavy atom. The molecule has 0 saturated carbocycles. The van der Waals surface area contributed by atoms with Crippen LogP contribution >= 0.6 is 11.5 Å². The average molecular weight is 242 g/mol. The molecular formula is C11H18N2O2S. The third-order valence-electron chi connectivity index (χ3n) is 2.01. The van der Waals surface area contributed by atoms with Gasteiger partial charge in [0, 0.05) is 6.54 Å². The molecule has 0 fully saturated rings. The summed E-state index contributed by atoms with van der Waals surface area (Å²) in [5.74, 6) is 0.234. The van der Waals surface area contributed by atoms with Gasteiger partial charge in [0.25, 0.3) is 0 Å². The van der Waals surface area contributed by atoms with Crippen LogP contribution in [0, 0.1) is 12.8 Å². The highest BCUT2D eigenvalue weighted by molar-refractivity contribution is 7.10.